The molecule has 2 rings (SSSR count). The zero-order chi connectivity index (χ0) is 11.2. The fourth-order valence-electron chi connectivity index (χ4n) is 1.62. The van der Waals surface area contributed by atoms with Gasteiger partial charge in [0, 0.05) is 24.0 Å². The molecule has 0 bridgehead atoms. The molecule has 84 valence electrons. The van der Waals surface area contributed by atoms with Gasteiger partial charge in [0.25, 0.3) is 0 Å². The standard InChI is InChI=1S/C13H17N3/c1-2-3-8-14-12-6-4-5-11(10-12)13-7-9-15-16-13/h4-7,9-10,14H,2-3,8H2,1H3,(H,15,16). The smallest absolute Gasteiger partial charge is 0.0650 e. The van der Waals surface area contributed by atoms with Crippen molar-refractivity contribution in [3.8, 4) is 11.3 Å². The second-order valence-corrected chi connectivity index (χ2v) is 3.83. The molecule has 3 heteroatoms. The van der Waals surface area contributed by atoms with E-state index in [2.05, 4.69) is 46.7 Å². The molecule has 0 spiro atoms. The molecular weight excluding hydrogens is 198 g/mol. The van der Waals surface area contributed by atoms with Gasteiger partial charge in [-0.1, -0.05) is 25.5 Å². The van der Waals surface area contributed by atoms with Crippen molar-refractivity contribution in [2.45, 2.75) is 19.8 Å². The van der Waals surface area contributed by atoms with E-state index < -0.39 is 0 Å². The van der Waals surface area contributed by atoms with Gasteiger partial charge in [-0.3, -0.25) is 5.10 Å². The number of aromatic nitrogens is 2. The summed E-state index contributed by atoms with van der Waals surface area (Å²) >= 11 is 0. The Labute approximate surface area is 95.9 Å². The molecule has 16 heavy (non-hydrogen) atoms. The molecule has 0 saturated carbocycles. The fraction of sp³-hybridized carbons (Fsp3) is 0.308. The van der Waals surface area contributed by atoms with E-state index in [4.69, 9.17) is 0 Å². The van der Waals surface area contributed by atoms with Crippen LogP contribution < -0.4 is 5.32 Å². The maximum absolute atomic E-state index is 3.96. The highest BCUT2D eigenvalue weighted by Crippen LogP contribution is 2.20. The Hall–Kier alpha value is -1.77. The van der Waals surface area contributed by atoms with Gasteiger partial charge in [0.2, 0.25) is 0 Å². The molecule has 0 saturated heterocycles. The molecule has 1 aromatic heterocycles. The van der Waals surface area contributed by atoms with Gasteiger partial charge in [-0.05, 0) is 24.6 Å². The number of hydrogen-bond acceptors (Lipinski definition) is 2. The maximum atomic E-state index is 3.96. The summed E-state index contributed by atoms with van der Waals surface area (Å²) in [5, 5.41) is 10.3. The minimum Gasteiger partial charge on any atom is -0.385 e. The van der Waals surface area contributed by atoms with Gasteiger partial charge < -0.3 is 5.32 Å². The third kappa shape index (κ3) is 2.63. The fourth-order valence-corrected chi connectivity index (χ4v) is 1.62. The topological polar surface area (TPSA) is 40.7 Å². The number of H-pyrrole nitrogens is 1. The Morgan fingerprint density at radius 3 is 3.00 bits per heavy atom. The van der Waals surface area contributed by atoms with E-state index in [1.54, 1.807) is 6.20 Å². The summed E-state index contributed by atoms with van der Waals surface area (Å²) in [5.74, 6) is 0. The van der Waals surface area contributed by atoms with E-state index in [9.17, 15) is 0 Å². The largest absolute Gasteiger partial charge is 0.385 e. The van der Waals surface area contributed by atoms with Gasteiger partial charge >= 0.3 is 0 Å². The lowest BCUT2D eigenvalue weighted by atomic mass is 10.1. The van der Waals surface area contributed by atoms with Crippen molar-refractivity contribution in [1.82, 2.24) is 10.2 Å². The molecule has 0 unspecified atom stereocenters. The summed E-state index contributed by atoms with van der Waals surface area (Å²) < 4.78 is 0. The molecule has 0 aliphatic heterocycles. The summed E-state index contributed by atoms with van der Waals surface area (Å²) in [6.07, 6.45) is 4.19. The first-order valence-electron chi connectivity index (χ1n) is 5.74. The van der Waals surface area contributed by atoms with Crippen molar-refractivity contribution in [2.24, 2.45) is 0 Å². The van der Waals surface area contributed by atoms with Crippen LogP contribution >= 0.6 is 0 Å². The third-order valence-corrected chi connectivity index (χ3v) is 2.53. The Balaban J connectivity index is 2.08. The lowest BCUT2D eigenvalue weighted by Gasteiger charge is -2.06. The first-order chi connectivity index (χ1) is 7.90. The van der Waals surface area contributed by atoms with E-state index in [0.29, 0.717) is 0 Å². The Morgan fingerprint density at radius 1 is 1.31 bits per heavy atom. The van der Waals surface area contributed by atoms with Crippen molar-refractivity contribution < 1.29 is 0 Å². The Bertz CT molecular complexity index is 421. The quantitative estimate of drug-likeness (QED) is 0.751. The molecule has 0 fully saturated rings. The number of aromatic amines is 1. The van der Waals surface area contributed by atoms with Crippen molar-refractivity contribution in [1.29, 1.82) is 0 Å². The van der Waals surface area contributed by atoms with Gasteiger partial charge in [0.05, 0.1) is 5.69 Å². The van der Waals surface area contributed by atoms with Crippen LogP contribution in [0, 0.1) is 0 Å². The highest BCUT2D eigenvalue weighted by Gasteiger charge is 1.99. The van der Waals surface area contributed by atoms with Gasteiger partial charge in [0.1, 0.15) is 0 Å². The van der Waals surface area contributed by atoms with Crippen LogP contribution in [0.1, 0.15) is 19.8 Å². The van der Waals surface area contributed by atoms with Crippen LogP contribution in [-0.2, 0) is 0 Å². The van der Waals surface area contributed by atoms with Crippen molar-refractivity contribution >= 4 is 5.69 Å². The minimum absolute atomic E-state index is 1.03. The summed E-state index contributed by atoms with van der Waals surface area (Å²) in [6, 6.07) is 10.4. The minimum atomic E-state index is 1.03. The first-order valence-corrected chi connectivity index (χ1v) is 5.74. The van der Waals surface area contributed by atoms with Crippen molar-refractivity contribution in [2.75, 3.05) is 11.9 Å². The number of hydrogen-bond donors (Lipinski definition) is 2. The predicted octanol–water partition coefficient (Wildman–Crippen LogP) is 3.29. The van der Waals surface area contributed by atoms with Gasteiger partial charge in [-0.25, -0.2) is 0 Å². The van der Waals surface area contributed by atoms with E-state index >= 15 is 0 Å². The Morgan fingerprint density at radius 2 is 2.25 bits per heavy atom. The van der Waals surface area contributed by atoms with Crippen LogP contribution in [-0.4, -0.2) is 16.7 Å². The summed E-state index contributed by atoms with van der Waals surface area (Å²) in [5.41, 5.74) is 3.39. The van der Waals surface area contributed by atoms with Crippen LogP contribution in [0.2, 0.25) is 0 Å². The third-order valence-electron chi connectivity index (χ3n) is 2.53. The van der Waals surface area contributed by atoms with E-state index in [1.165, 1.54) is 24.1 Å². The first kappa shape index (κ1) is 10.7. The van der Waals surface area contributed by atoms with Crippen LogP contribution in [0.5, 0.6) is 0 Å². The molecule has 0 atom stereocenters. The highest BCUT2D eigenvalue weighted by atomic mass is 15.1. The van der Waals surface area contributed by atoms with Gasteiger partial charge in [-0.15, -0.1) is 0 Å². The average molecular weight is 215 g/mol. The number of benzene rings is 1. The number of rotatable bonds is 5. The highest BCUT2D eigenvalue weighted by molar-refractivity contribution is 5.64. The lowest BCUT2D eigenvalue weighted by Crippen LogP contribution is -2.00. The molecule has 0 radical (unpaired) electrons. The van der Waals surface area contributed by atoms with Crippen molar-refractivity contribution in [3.63, 3.8) is 0 Å². The second kappa shape index (κ2) is 5.35. The monoisotopic (exact) mass is 215 g/mol. The number of anilines is 1. The molecule has 2 N–H and O–H groups in total. The maximum Gasteiger partial charge on any atom is 0.0650 e. The van der Waals surface area contributed by atoms with Crippen LogP contribution in [0.15, 0.2) is 36.5 Å². The molecule has 1 aromatic carbocycles. The molecule has 2 aromatic rings. The molecule has 0 aliphatic carbocycles. The van der Waals surface area contributed by atoms with E-state index in [0.717, 1.165) is 12.2 Å². The van der Waals surface area contributed by atoms with Crippen LogP contribution in [0.25, 0.3) is 11.3 Å². The van der Waals surface area contributed by atoms with E-state index in [1.807, 2.05) is 6.07 Å². The number of nitrogens with one attached hydrogen (secondary N) is 2. The summed E-state index contributed by atoms with van der Waals surface area (Å²) in [7, 11) is 0. The summed E-state index contributed by atoms with van der Waals surface area (Å²) in [4.78, 5) is 0. The molecule has 0 aliphatic rings. The predicted molar refractivity (Wildman–Crippen MR) is 67.4 cm³/mol. The molecule has 0 amide bonds. The molecule has 1 heterocycles. The SMILES string of the molecule is CCCCNc1cccc(-c2ccn[nH]2)c1. The lowest BCUT2D eigenvalue weighted by molar-refractivity contribution is 0.834. The van der Waals surface area contributed by atoms with Gasteiger partial charge in [-0.2, -0.15) is 5.10 Å². The van der Waals surface area contributed by atoms with Crippen LogP contribution in [0.4, 0.5) is 5.69 Å². The second-order valence-electron chi connectivity index (χ2n) is 3.83. The van der Waals surface area contributed by atoms with Crippen molar-refractivity contribution in [3.05, 3.63) is 36.5 Å². The average Bonchev–Trinajstić information content (AvgIpc) is 2.83. The number of unbranched alkanes of at least 4 members (excludes halogenated alkanes) is 1. The Kier molecular flexibility index (Phi) is 3.59. The molecule has 3 nitrogen and oxygen atoms in total. The van der Waals surface area contributed by atoms with E-state index in [-0.39, 0.29) is 0 Å². The summed E-state index contributed by atoms with van der Waals surface area (Å²) in [6.45, 7) is 3.23. The zero-order valence-electron chi connectivity index (χ0n) is 9.53. The molecular formula is C13H17N3. The zero-order valence-corrected chi connectivity index (χ0v) is 9.53. The normalized spacial score (nSPS) is 10.3. The number of nitrogens with zero attached hydrogens (tertiary/aromatic N) is 1. The van der Waals surface area contributed by atoms with Crippen LogP contribution in [0.3, 0.4) is 0 Å². The van der Waals surface area contributed by atoms with Gasteiger partial charge in [0.15, 0.2) is 0 Å².